The first kappa shape index (κ1) is 18.5. The fourth-order valence-corrected chi connectivity index (χ4v) is 3.57. The van der Waals surface area contributed by atoms with Crippen LogP contribution in [0, 0.1) is 0 Å². The number of fused-ring (bicyclic) bond motifs is 1. The lowest BCUT2D eigenvalue weighted by atomic mass is 10.1. The van der Waals surface area contributed by atoms with Gasteiger partial charge in [0, 0.05) is 16.5 Å². The van der Waals surface area contributed by atoms with Crippen LogP contribution in [0.25, 0.3) is 11.3 Å². The van der Waals surface area contributed by atoms with E-state index in [1.807, 2.05) is 0 Å². The summed E-state index contributed by atoms with van der Waals surface area (Å²) in [6.07, 6.45) is 0. The average Bonchev–Trinajstić information content (AvgIpc) is 3.31. The highest BCUT2D eigenvalue weighted by atomic mass is 35.5. The highest BCUT2D eigenvalue weighted by Gasteiger charge is 2.21. The van der Waals surface area contributed by atoms with Crippen molar-refractivity contribution in [2.75, 3.05) is 12.1 Å². The predicted octanol–water partition coefficient (Wildman–Crippen LogP) is 5.05. The second-order valence-electron chi connectivity index (χ2n) is 5.56. The molecule has 2 aromatic carbocycles. The molecule has 0 saturated heterocycles. The largest absolute Gasteiger partial charge is 0.454 e. The quantitative estimate of drug-likeness (QED) is 0.621. The molecular formula is C18H11ClF2N2O4S. The maximum Gasteiger partial charge on any atom is 0.387 e. The molecule has 1 aliphatic rings. The van der Waals surface area contributed by atoms with Crippen LogP contribution in [-0.4, -0.2) is 24.3 Å². The first-order chi connectivity index (χ1) is 13.5. The van der Waals surface area contributed by atoms with Crippen LogP contribution in [0.3, 0.4) is 0 Å². The van der Waals surface area contributed by atoms with E-state index < -0.39 is 12.5 Å². The number of thiazole rings is 1. The normalized spacial score (nSPS) is 12.3. The van der Waals surface area contributed by atoms with Gasteiger partial charge < -0.3 is 14.2 Å². The van der Waals surface area contributed by atoms with E-state index in [0.717, 1.165) is 11.3 Å². The fourth-order valence-electron chi connectivity index (χ4n) is 2.60. The Morgan fingerprint density at radius 3 is 2.93 bits per heavy atom. The Morgan fingerprint density at radius 1 is 1.29 bits per heavy atom. The molecule has 6 nitrogen and oxygen atoms in total. The number of aromatic nitrogens is 1. The fraction of sp³-hybridized carbons (Fsp3) is 0.111. The molecule has 2 heterocycles. The molecule has 1 aliphatic heterocycles. The van der Waals surface area contributed by atoms with E-state index in [9.17, 15) is 13.6 Å². The summed E-state index contributed by atoms with van der Waals surface area (Å²) in [5.74, 6) is 0.336. The number of halogens is 3. The van der Waals surface area contributed by atoms with Crippen LogP contribution >= 0.6 is 22.9 Å². The van der Waals surface area contributed by atoms with Crippen molar-refractivity contribution in [1.82, 2.24) is 4.98 Å². The molecule has 4 rings (SSSR count). The third-order valence-electron chi connectivity index (χ3n) is 3.79. The van der Waals surface area contributed by atoms with Gasteiger partial charge in [-0.3, -0.25) is 10.1 Å². The van der Waals surface area contributed by atoms with Crippen LogP contribution in [0.2, 0.25) is 5.02 Å². The van der Waals surface area contributed by atoms with Crippen molar-refractivity contribution in [3.8, 4) is 28.5 Å². The van der Waals surface area contributed by atoms with Crippen LogP contribution in [-0.2, 0) is 0 Å². The number of benzene rings is 2. The number of carbonyl (C=O) groups excluding carboxylic acids is 1. The Hall–Kier alpha value is -2.91. The van der Waals surface area contributed by atoms with Gasteiger partial charge >= 0.3 is 6.61 Å². The lowest BCUT2D eigenvalue weighted by molar-refractivity contribution is -0.0494. The molecule has 0 fully saturated rings. The average molecular weight is 425 g/mol. The molecule has 10 heteroatoms. The summed E-state index contributed by atoms with van der Waals surface area (Å²) >= 11 is 7.24. The summed E-state index contributed by atoms with van der Waals surface area (Å²) in [6.45, 7) is -2.91. The molecule has 0 spiro atoms. The van der Waals surface area contributed by atoms with Crippen LogP contribution in [0.4, 0.5) is 13.9 Å². The van der Waals surface area contributed by atoms with Gasteiger partial charge in [0.1, 0.15) is 5.75 Å². The van der Waals surface area contributed by atoms with Gasteiger partial charge in [0.05, 0.1) is 10.7 Å². The molecular weight excluding hydrogens is 414 g/mol. The molecule has 0 aliphatic carbocycles. The molecule has 144 valence electrons. The van der Waals surface area contributed by atoms with E-state index in [-0.39, 0.29) is 23.1 Å². The Kier molecular flexibility index (Phi) is 5.01. The summed E-state index contributed by atoms with van der Waals surface area (Å²) in [5.41, 5.74) is 1.07. The Balaban J connectivity index is 1.55. The number of ether oxygens (including phenoxy) is 3. The predicted molar refractivity (Wildman–Crippen MR) is 99.7 cm³/mol. The third-order valence-corrected chi connectivity index (χ3v) is 4.83. The Bertz CT molecular complexity index is 1040. The molecule has 1 aromatic heterocycles. The lowest BCUT2D eigenvalue weighted by Crippen LogP contribution is -2.11. The zero-order valence-corrected chi connectivity index (χ0v) is 15.5. The summed E-state index contributed by atoms with van der Waals surface area (Å²) in [7, 11) is 0. The van der Waals surface area contributed by atoms with Crippen LogP contribution < -0.4 is 19.5 Å². The van der Waals surface area contributed by atoms with Gasteiger partial charge in [-0.15, -0.1) is 11.3 Å². The van der Waals surface area contributed by atoms with E-state index >= 15 is 0 Å². The third kappa shape index (κ3) is 3.71. The van der Waals surface area contributed by atoms with Gasteiger partial charge in [-0.1, -0.05) is 23.7 Å². The van der Waals surface area contributed by atoms with Crippen LogP contribution in [0.15, 0.2) is 41.8 Å². The van der Waals surface area contributed by atoms with Crippen molar-refractivity contribution in [1.29, 1.82) is 0 Å². The number of nitrogens with zero attached hydrogens (tertiary/aromatic N) is 1. The molecule has 28 heavy (non-hydrogen) atoms. The van der Waals surface area contributed by atoms with Crippen LogP contribution in [0.5, 0.6) is 17.2 Å². The monoisotopic (exact) mass is 424 g/mol. The highest BCUT2D eigenvalue weighted by molar-refractivity contribution is 7.14. The van der Waals surface area contributed by atoms with Crippen molar-refractivity contribution >= 4 is 34.0 Å². The number of carbonyl (C=O) groups is 1. The van der Waals surface area contributed by atoms with Crippen molar-refractivity contribution in [3.63, 3.8) is 0 Å². The van der Waals surface area contributed by atoms with Gasteiger partial charge in [0.25, 0.3) is 5.91 Å². The van der Waals surface area contributed by atoms with E-state index in [4.69, 9.17) is 21.1 Å². The van der Waals surface area contributed by atoms with Crippen molar-refractivity contribution in [2.24, 2.45) is 0 Å². The summed E-state index contributed by atoms with van der Waals surface area (Å²) in [4.78, 5) is 16.8. The second-order valence-corrected chi connectivity index (χ2v) is 6.82. The maximum absolute atomic E-state index is 12.6. The minimum atomic E-state index is -2.95. The summed E-state index contributed by atoms with van der Waals surface area (Å²) in [6, 6.07) is 9.28. The van der Waals surface area contributed by atoms with E-state index in [1.54, 1.807) is 23.6 Å². The zero-order valence-electron chi connectivity index (χ0n) is 13.9. The summed E-state index contributed by atoms with van der Waals surface area (Å²) in [5, 5.41) is 4.84. The van der Waals surface area contributed by atoms with Gasteiger partial charge in [-0.05, 0) is 24.3 Å². The number of alkyl halides is 2. The van der Waals surface area contributed by atoms with E-state index in [1.165, 1.54) is 18.2 Å². The number of rotatable bonds is 5. The molecule has 0 atom stereocenters. The molecule has 0 unspecified atom stereocenters. The number of anilines is 1. The minimum absolute atomic E-state index is 0.00299. The lowest BCUT2D eigenvalue weighted by Gasteiger charge is -2.08. The second kappa shape index (κ2) is 7.61. The van der Waals surface area contributed by atoms with Gasteiger partial charge in [0.2, 0.25) is 6.79 Å². The molecule has 1 amide bonds. The highest BCUT2D eigenvalue weighted by Crippen LogP contribution is 2.40. The van der Waals surface area contributed by atoms with Crippen molar-refractivity contribution < 1.29 is 27.8 Å². The van der Waals surface area contributed by atoms with Gasteiger partial charge in [-0.25, -0.2) is 4.98 Å². The van der Waals surface area contributed by atoms with Gasteiger partial charge in [-0.2, -0.15) is 8.78 Å². The van der Waals surface area contributed by atoms with Crippen molar-refractivity contribution in [2.45, 2.75) is 6.61 Å². The number of hydrogen-bond acceptors (Lipinski definition) is 6. The number of amides is 1. The molecule has 0 bridgehead atoms. The standard InChI is InChI=1S/C18H11ClF2N2O4S/c19-11-5-9(6-14-15(11)26-8-25-14)16(24)23-18-22-12(7-28-18)10-3-1-2-4-13(10)27-17(20)21/h1-7,17H,8H2,(H,22,23,24). The first-order valence-corrected chi connectivity index (χ1v) is 9.17. The topological polar surface area (TPSA) is 69.7 Å². The van der Waals surface area contributed by atoms with Gasteiger partial charge in [0.15, 0.2) is 16.6 Å². The first-order valence-electron chi connectivity index (χ1n) is 7.91. The van der Waals surface area contributed by atoms with Crippen molar-refractivity contribution in [3.05, 3.63) is 52.4 Å². The van der Waals surface area contributed by atoms with Crippen LogP contribution in [0.1, 0.15) is 10.4 Å². The Morgan fingerprint density at radius 2 is 2.11 bits per heavy atom. The maximum atomic E-state index is 12.6. The minimum Gasteiger partial charge on any atom is -0.454 e. The molecule has 1 N–H and O–H groups in total. The molecule has 0 radical (unpaired) electrons. The zero-order chi connectivity index (χ0) is 19.7. The summed E-state index contributed by atoms with van der Waals surface area (Å²) < 4.78 is 40.1. The Labute approximate surface area is 166 Å². The number of nitrogens with one attached hydrogen (secondary N) is 1. The smallest absolute Gasteiger partial charge is 0.387 e. The van der Waals surface area contributed by atoms with E-state index in [2.05, 4.69) is 15.0 Å². The molecule has 0 saturated carbocycles. The SMILES string of the molecule is O=C(Nc1nc(-c2ccccc2OC(F)F)cs1)c1cc(Cl)c2c(c1)OCO2. The number of para-hydroxylation sites is 1. The number of hydrogen-bond donors (Lipinski definition) is 1. The molecule has 3 aromatic rings. The van der Waals surface area contributed by atoms with E-state index in [0.29, 0.717) is 27.9 Å².